The number of rotatable bonds is 6. The Morgan fingerprint density at radius 3 is 2.32 bits per heavy atom. The van der Waals surface area contributed by atoms with Gasteiger partial charge in [-0.2, -0.15) is 0 Å². The van der Waals surface area contributed by atoms with Crippen molar-refractivity contribution in [2.24, 2.45) is 0 Å². The molecule has 0 bridgehead atoms. The molecule has 1 fully saturated rings. The van der Waals surface area contributed by atoms with E-state index < -0.39 is 0 Å². The molecule has 38 heavy (non-hydrogen) atoms. The number of carbonyl (C=O) groups excluding carboxylic acids is 1. The molecule has 6 nitrogen and oxygen atoms in total. The number of amides is 1. The molecule has 2 aliphatic heterocycles. The SMILES string of the molecule is Cc1c(C(=O)N2CCN(C/C=C/c3ccccc3)CC2)cc(-c2ccccc2)n1-c1ccc2c(c1)OCO2. The molecule has 4 aromatic rings. The van der Waals surface area contributed by atoms with Crippen LogP contribution in [0.5, 0.6) is 11.5 Å². The van der Waals surface area contributed by atoms with Crippen molar-refractivity contribution in [3.8, 4) is 28.4 Å². The largest absolute Gasteiger partial charge is 0.454 e. The van der Waals surface area contributed by atoms with Gasteiger partial charge in [0.1, 0.15) is 0 Å². The maximum Gasteiger partial charge on any atom is 0.255 e. The van der Waals surface area contributed by atoms with Crippen molar-refractivity contribution in [2.45, 2.75) is 6.92 Å². The molecule has 192 valence electrons. The van der Waals surface area contributed by atoms with Gasteiger partial charge in [-0.05, 0) is 36.2 Å². The van der Waals surface area contributed by atoms with Crippen LogP contribution in [0, 0.1) is 6.92 Å². The van der Waals surface area contributed by atoms with E-state index in [1.165, 1.54) is 5.56 Å². The molecular formula is C32H31N3O3. The van der Waals surface area contributed by atoms with Crippen LogP contribution in [0.2, 0.25) is 0 Å². The Morgan fingerprint density at radius 2 is 1.55 bits per heavy atom. The summed E-state index contributed by atoms with van der Waals surface area (Å²) < 4.78 is 13.3. The van der Waals surface area contributed by atoms with Crippen molar-refractivity contribution in [3.63, 3.8) is 0 Å². The van der Waals surface area contributed by atoms with Gasteiger partial charge >= 0.3 is 0 Å². The summed E-state index contributed by atoms with van der Waals surface area (Å²) in [5.41, 5.74) is 5.84. The van der Waals surface area contributed by atoms with Crippen LogP contribution in [0.3, 0.4) is 0 Å². The second-order valence-electron chi connectivity index (χ2n) is 9.67. The Bertz CT molecular complexity index is 1450. The van der Waals surface area contributed by atoms with Crippen LogP contribution in [0.15, 0.2) is 91.0 Å². The average molecular weight is 506 g/mol. The van der Waals surface area contributed by atoms with E-state index in [0.29, 0.717) is 13.1 Å². The Balaban J connectivity index is 1.22. The number of nitrogens with zero attached hydrogens (tertiary/aromatic N) is 3. The maximum absolute atomic E-state index is 13.8. The normalized spacial score (nSPS) is 15.3. The topological polar surface area (TPSA) is 46.9 Å². The first-order valence-electron chi connectivity index (χ1n) is 13.1. The summed E-state index contributed by atoms with van der Waals surface area (Å²) in [5.74, 6) is 1.55. The molecule has 3 heterocycles. The van der Waals surface area contributed by atoms with E-state index in [9.17, 15) is 4.79 Å². The Kier molecular flexibility index (Phi) is 6.71. The molecule has 1 amide bonds. The van der Waals surface area contributed by atoms with Gasteiger partial charge in [-0.3, -0.25) is 9.69 Å². The second kappa shape index (κ2) is 10.6. The summed E-state index contributed by atoms with van der Waals surface area (Å²) in [6, 6.07) is 28.5. The van der Waals surface area contributed by atoms with Crippen LogP contribution in [-0.4, -0.2) is 59.8 Å². The third-order valence-corrected chi connectivity index (χ3v) is 7.29. The van der Waals surface area contributed by atoms with Crippen molar-refractivity contribution in [1.29, 1.82) is 0 Å². The van der Waals surface area contributed by atoms with Crippen molar-refractivity contribution in [3.05, 3.63) is 108 Å². The highest BCUT2D eigenvalue weighted by molar-refractivity contribution is 5.97. The number of piperazine rings is 1. The average Bonchev–Trinajstić information content (AvgIpc) is 3.58. The van der Waals surface area contributed by atoms with Gasteiger partial charge in [0.2, 0.25) is 6.79 Å². The molecular weight excluding hydrogens is 474 g/mol. The quantitative estimate of drug-likeness (QED) is 0.340. The lowest BCUT2D eigenvalue weighted by molar-refractivity contribution is 0.0649. The second-order valence-corrected chi connectivity index (χ2v) is 9.67. The van der Waals surface area contributed by atoms with Gasteiger partial charge in [0.25, 0.3) is 5.91 Å². The summed E-state index contributed by atoms with van der Waals surface area (Å²) >= 11 is 0. The number of aromatic nitrogens is 1. The molecule has 1 saturated heterocycles. The maximum atomic E-state index is 13.8. The monoisotopic (exact) mass is 505 g/mol. The minimum atomic E-state index is 0.0821. The highest BCUT2D eigenvalue weighted by Crippen LogP contribution is 2.37. The number of hydrogen-bond donors (Lipinski definition) is 0. The highest BCUT2D eigenvalue weighted by atomic mass is 16.7. The Morgan fingerprint density at radius 1 is 0.842 bits per heavy atom. The predicted molar refractivity (Wildman–Crippen MR) is 150 cm³/mol. The third kappa shape index (κ3) is 4.83. The van der Waals surface area contributed by atoms with Gasteiger partial charge in [0.15, 0.2) is 11.5 Å². The van der Waals surface area contributed by atoms with Crippen molar-refractivity contribution in [2.75, 3.05) is 39.5 Å². The van der Waals surface area contributed by atoms with Gasteiger partial charge in [-0.25, -0.2) is 0 Å². The van der Waals surface area contributed by atoms with Crippen LogP contribution < -0.4 is 9.47 Å². The van der Waals surface area contributed by atoms with E-state index in [4.69, 9.17) is 9.47 Å². The van der Waals surface area contributed by atoms with Crippen molar-refractivity contribution in [1.82, 2.24) is 14.4 Å². The summed E-state index contributed by atoms with van der Waals surface area (Å²) in [5, 5.41) is 0. The number of hydrogen-bond acceptors (Lipinski definition) is 4. The molecule has 6 rings (SSSR count). The van der Waals surface area contributed by atoms with E-state index in [2.05, 4.69) is 58.0 Å². The fourth-order valence-corrected chi connectivity index (χ4v) is 5.21. The molecule has 2 aliphatic rings. The molecule has 3 aromatic carbocycles. The van der Waals surface area contributed by atoms with Gasteiger partial charge in [-0.15, -0.1) is 0 Å². The fraction of sp³-hybridized carbons (Fsp3) is 0.219. The number of benzene rings is 3. The van der Waals surface area contributed by atoms with Crippen LogP contribution in [0.25, 0.3) is 23.0 Å². The first kappa shape index (κ1) is 24.1. The number of ether oxygens (including phenoxy) is 2. The van der Waals surface area contributed by atoms with Crippen LogP contribution in [0.1, 0.15) is 21.6 Å². The van der Waals surface area contributed by atoms with Crippen LogP contribution in [-0.2, 0) is 0 Å². The lowest BCUT2D eigenvalue weighted by Gasteiger charge is -2.34. The van der Waals surface area contributed by atoms with E-state index >= 15 is 0 Å². The van der Waals surface area contributed by atoms with Crippen LogP contribution in [0.4, 0.5) is 0 Å². The Hall–Kier alpha value is -4.29. The minimum absolute atomic E-state index is 0.0821. The van der Waals surface area contributed by atoms with Gasteiger partial charge in [0.05, 0.1) is 11.3 Å². The molecule has 1 aromatic heterocycles. The fourth-order valence-electron chi connectivity index (χ4n) is 5.21. The minimum Gasteiger partial charge on any atom is -0.454 e. The molecule has 6 heteroatoms. The number of fused-ring (bicyclic) bond motifs is 1. The van der Waals surface area contributed by atoms with Crippen molar-refractivity contribution < 1.29 is 14.3 Å². The molecule has 0 atom stereocenters. The zero-order valence-corrected chi connectivity index (χ0v) is 21.5. The lowest BCUT2D eigenvalue weighted by Crippen LogP contribution is -2.48. The lowest BCUT2D eigenvalue weighted by atomic mass is 10.1. The Labute approximate surface area is 223 Å². The van der Waals surface area contributed by atoms with Gasteiger partial charge in [0, 0.05) is 50.2 Å². The molecule has 0 N–H and O–H groups in total. The summed E-state index contributed by atoms with van der Waals surface area (Å²) in [6.45, 7) is 6.29. The van der Waals surface area contributed by atoms with E-state index in [-0.39, 0.29) is 12.7 Å². The zero-order chi connectivity index (χ0) is 25.9. The van der Waals surface area contributed by atoms with Crippen LogP contribution >= 0.6 is 0 Å². The van der Waals surface area contributed by atoms with Gasteiger partial charge < -0.3 is 18.9 Å². The smallest absolute Gasteiger partial charge is 0.255 e. The van der Waals surface area contributed by atoms with Gasteiger partial charge in [-0.1, -0.05) is 72.8 Å². The predicted octanol–water partition coefficient (Wildman–Crippen LogP) is 5.65. The molecule has 0 spiro atoms. The summed E-state index contributed by atoms with van der Waals surface area (Å²) in [7, 11) is 0. The highest BCUT2D eigenvalue weighted by Gasteiger charge is 2.27. The molecule has 0 saturated carbocycles. The zero-order valence-electron chi connectivity index (χ0n) is 21.5. The van der Waals surface area contributed by atoms with E-state index in [0.717, 1.165) is 59.3 Å². The summed E-state index contributed by atoms with van der Waals surface area (Å²) in [4.78, 5) is 18.2. The van der Waals surface area contributed by atoms with Crippen molar-refractivity contribution >= 4 is 12.0 Å². The first-order valence-corrected chi connectivity index (χ1v) is 13.1. The standard InChI is InChI=1S/C32H31N3O3/c1-24-28(32(36)34-19-17-33(18-20-34)16-8-11-25-9-4-2-5-10-25)22-29(26-12-6-3-7-13-26)35(24)27-14-15-30-31(21-27)38-23-37-30/h2-15,21-22H,16-20,23H2,1H3/b11-8+. The third-order valence-electron chi connectivity index (χ3n) is 7.29. The first-order chi connectivity index (χ1) is 18.7. The summed E-state index contributed by atoms with van der Waals surface area (Å²) in [6.07, 6.45) is 4.36. The van der Waals surface area contributed by atoms with E-state index in [1.54, 1.807) is 0 Å². The van der Waals surface area contributed by atoms with E-state index in [1.807, 2.05) is 60.4 Å². The number of carbonyl (C=O) groups is 1. The molecule has 0 aliphatic carbocycles. The molecule has 0 radical (unpaired) electrons. The molecule has 0 unspecified atom stereocenters.